The van der Waals surface area contributed by atoms with Crippen LogP contribution in [-0.4, -0.2) is 16.6 Å². The smallest absolute Gasteiger partial charge is 0.339 e. The SMILES string of the molecule is O=c1oc2c3c(ccc2c2c1CCCC2)OCN(Cc1ccncc1)C3. The Balaban J connectivity index is 1.57. The predicted molar refractivity (Wildman–Crippen MR) is 98.1 cm³/mol. The van der Waals surface area contributed by atoms with Crippen LogP contribution in [0.3, 0.4) is 0 Å². The van der Waals surface area contributed by atoms with E-state index in [1.807, 2.05) is 18.2 Å². The van der Waals surface area contributed by atoms with Crippen LogP contribution in [0.4, 0.5) is 0 Å². The van der Waals surface area contributed by atoms with Crippen LogP contribution in [0, 0.1) is 0 Å². The molecule has 0 saturated heterocycles. The molecule has 3 heterocycles. The van der Waals surface area contributed by atoms with Gasteiger partial charge in [-0.25, -0.2) is 4.79 Å². The molecule has 2 aliphatic rings. The Kier molecular flexibility index (Phi) is 3.75. The van der Waals surface area contributed by atoms with Crippen LogP contribution >= 0.6 is 0 Å². The summed E-state index contributed by atoms with van der Waals surface area (Å²) in [6.07, 6.45) is 7.58. The van der Waals surface area contributed by atoms with Crippen molar-refractivity contribution in [3.63, 3.8) is 0 Å². The van der Waals surface area contributed by atoms with E-state index in [2.05, 4.69) is 16.0 Å². The van der Waals surface area contributed by atoms with Crippen LogP contribution in [0.2, 0.25) is 0 Å². The number of nitrogens with zero attached hydrogens (tertiary/aromatic N) is 2. The summed E-state index contributed by atoms with van der Waals surface area (Å²) in [7, 11) is 0. The first kappa shape index (κ1) is 15.6. The minimum absolute atomic E-state index is 0.174. The van der Waals surface area contributed by atoms with Crippen LogP contribution in [-0.2, 0) is 25.9 Å². The maximum atomic E-state index is 12.5. The molecule has 0 saturated carbocycles. The van der Waals surface area contributed by atoms with Crippen LogP contribution < -0.4 is 10.4 Å². The Labute approximate surface area is 151 Å². The molecule has 5 rings (SSSR count). The molecule has 0 fully saturated rings. The third-order valence-electron chi connectivity index (χ3n) is 5.39. The fourth-order valence-electron chi connectivity index (χ4n) is 4.11. The van der Waals surface area contributed by atoms with Crippen molar-refractivity contribution in [3.05, 3.63) is 69.3 Å². The molecule has 1 aromatic carbocycles. The molecule has 0 bridgehead atoms. The zero-order chi connectivity index (χ0) is 17.5. The molecule has 0 unspecified atom stereocenters. The first-order chi connectivity index (χ1) is 12.8. The number of hydrogen-bond acceptors (Lipinski definition) is 5. The molecule has 5 nitrogen and oxygen atoms in total. The van der Waals surface area contributed by atoms with Gasteiger partial charge in [0, 0.05) is 36.4 Å². The number of fused-ring (bicyclic) bond motifs is 5. The quantitative estimate of drug-likeness (QED) is 0.664. The maximum Gasteiger partial charge on any atom is 0.339 e. The van der Waals surface area contributed by atoms with Gasteiger partial charge in [0.2, 0.25) is 0 Å². The van der Waals surface area contributed by atoms with Crippen molar-refractivity contribution in [2.75, 3.05) is 6.73 Å². The van der Waals surface area contributed by atoms with Crippen molar-refractivity contribution in [2.45, 2.75) is 38.8 Å². The molecule has 1 aliphatic heterocycles. The molecule has 0 spiro atoms. The van der Waals surface area contributed by atoms with Gasteiger partial charge in [0.25, 0.3) is 0 Å². The van der Waals surface area contributed by atoms with Gasteiger partial charge >= 0.3 is 5.63 Å². The number of pyridine rings is 1. The lowest BCUT2D eigenvalue weighted by atomic mass is 9.90. The summed E-state index contributed by atoms with van der Waals surface area (Å²) in [6.45, 7) is 2.00. The average Bonchev–Trinajstić information content (AvgIpc) is 2.69. The topological polar surface area (TPSA) is 55.6 Å². The summed E-state index contributed by atoms with van der Waals surface area (Å²) in [5.41, 5.74) is 4.74. The monoisotopic (exact) mass is 348 g/mol. The molecule has 3 aromatic rings. The number of ether oxygens (including phenoxy) is 1. The molecule has 26 heavy (non-hydrogen) atoms. The predicted octanol–water partition coefficient (Wildman–Crippen LogP) is 3.42. The minimum atomic E-state index is -0.174. The molecule has 0 N–H and O–H groups in total. The third-order valence-corrected chi connectivity index (χ3v) is 5.39. The minimum Gasteiger partial charge on any atom is -0.478 e. The lowest BCUT2D eigenvalue weighted by Gasteiger charge is -2.29. The lowest BCUT2D eigenvalue weighted by molar-refractivity contribution is 0.0889. The van der Waals surface area contributed by atoms with Gasteiger partial charge < -0.3 is 9.15 Å². The van der Waals surface area contributed by atoms with Gasteiger partial charge in [0.15, 0.2) is 0 Å². The summed E-state index contributed by atoms with van der Waals surface area (Å²) >= 11 is 0. The Hall–Kier alpha value is -2.66. The normalized spacial score (nSPS) is 16.8. The van der Waals surface area contributed by atoms with E-state index in [9.17, 15) is 4.79 Å². The molecule has 0 atom stereocenters. The van der Waals surface area contributed by atoms with Crippen molar-refractivity contribution in [2.24, 2.45) is 0 Å². The van der Waals surface area contributed by atoms with Crippen molar-refractivity contribution in [3.8, 4) is 5.75 Å². The largest absolute Gasteiger partial charge is 0.478 e. The van der Waals surface area contributed by atoms with E-state index in [-0.39, 0.29) is 5.63 Å². The Morgan fingerprint density at radius 2 is 1.81 bits per heavy atom. The average molecular weight is 348 g/mol. The van der Waals surface area contributed by atoms with Crippen molar-refractivity contribution < 1.29 is 9.15 Å². The molecule has 5 heteroatoms. The lowest BCUT2D eigenvalue weighted by Crippen LogP contribution is -2.31. The first-order valence-electron chi connectivity index (χ1n) is 9.14. The van der Waals surface area contributed by atoms with Gasteiger partial charge in [-0.05, 0) is 61.1 Å². The number of rotatable bonds is 2. The molecular weight excluding hydrogens is 328 g/mol. The van der Waals surface area contributed by atoms with E-state index in [1.54, 1.807) is 12.4 Å². The summed E-state index contributed by atoms with van der Waals surface area (Å²) in [5.74, 6) is 0.822. The molecule has 2 aromatic heterocycles. The number of aromatic nitrogens is 1. The van der Waals surface area contributed by atoms with Gasteiger partial charge in [-0.2, -0.15) is 0 Å². The standard InChI is InChI=1S/C21H20N2O3/c24-21-17-4-2-1-3-15(17)16-5-6-19-18(20(16)26-21)12-23(13-25-19)11-14-7-9-22-10-8-14/h5-10H,1-4,11-13H2. The van der Waals surface area contributed by atoms with E-state index in [0.29, 0.717) is 18.9 Å². The highest BCUT2D eigenvalue weighted by Gasteiger charge is 2.25. The summed E-state index contributed by atoms with van der Waals surface area (Å²) in [5, 5.41) is 1.08. The zero-order valence-corrected chi connectivity index (χ0v) is 14.5. The van der Waals surface area contributed by atoms with E-state index >= 15 is 0 Å². The second kappa shape index (κ2) is 6.25. The van der Waals surface area contributed by atoms with Gasteiger partial charge in [0.05, 0.1) is 5.56 Å². The number of hydrogen-bond donors (Lipinski definition) is 0. The highest BCUT2D eigenvalue weighted by Crippen LogP contribution is 2.35. The molecule has 1 aliphatic carbocycles. The first-order valence-corrected chi connectivity index (χ1v) is 9.14. The van der Waals surface area contributed by atoms with E-state index in [0.717, 1.165) is 54.5 Å². The van der Waals surface area contributed by atoms with E-state index < -0.39 is 0 Å². The Bertz CT molecular complexity index is 1030. The Morgan fingerprint density at radius 3 is 2.65 bits per heavy atom. The second-order valence-corrected chi connectivity index (χ2v) is 7.09. The highest BCUT2D eigenvalue weighted by molar-refractivity contribution is 5.86. The van der Waals surface area contributed by atoms with E-state index in [1.165, 1.54) is 11.1 Å². The van der Waals surface area contributed by atoms with Crippen LogP contribution in [0.15, 0.2) is 45.9 Å². The molecule has 0 radical (unpaired) electrons. The summed E-state index contributed by atoms with van der Waals surface area (Å²) in [6, 6.07) is 8.10. The molecular formula is C21H20N2O3. The number of aryl methyl sites for hydroxylation is 1. The van der Waals surface area contributed by atoms with Crippen molar-refractivity contribution >= 4 is 11.0 Å². The van der Waals surface area contributed by atoms with Crippen molar-refractivity contribution in [1.29, 1.82) is 0 Å². The third kappa shape index (κ3) is 2.59. The fourth-order valence-corrected chi connectivity index (χ4v) is 4.11. The van der Waals surface area contributed by atoms with Crippen LogP contribution in [0.25, 0.3) is 11.0 Å². The van der Waals surface area contributed by atoms with Gasteiger partial charge in [-0.3, -0.25) is 9.88 Å². The van der Waals surface area contributed by atoms with Crippen molar-refractivity contribution in [1.82, 2.24) is 9.88 Å². The van der Waals surface area contributed by atoms with Crippen LogP contribution in [0.5, 0.6) is 5.75 Å². The van der Waals surface area contributed by atoms with Gasteiger partial charge in [0.1, 0.15) is 18.1 Å². The zero-order valence-electron chi connectivity index (χ0n) is 14.5. The number of benzene rings is 1. The van der Waals surface area contributed by atoms with Crippen LogP contribution in [0.1, 0.15) is 35.1 Å². The highest BCUT2D eigenvalue weighted by atomic mass is 16.5. The van der Waals surface area contributed by atoms with Gasteiger partial charge in [-0.1, -0.05) is 0 Å². The summed E-state index contributed by atoms with van der Waals surface area (Å²) < 4.78 is 11.7. The van der Waals surface area contributed by atoms with Gasteiger partial charge in [-0.15, -0.1) is 0 Å². The molecule has 132 valence electrons. The van der Waals surface area contributed by atoms with E-state index in [4.69, 9.17) is 9.15 Å². The molecule has 0 amide bonds. The fraction of sp³-hybridized carbons (Fsp3) is 0.333. The second-order valence-electron chi connectivity index (χ2n) is 7.09. The summed E-state index contributed by atoms with van der Waals surface area (Å²) in [4.78, 5) is 18.8. The maximum absolute atomic E-state index is 12.5. The Morgan fingerprint density at radius 1 is 1.00 bits per heavy atom.